The van der Waals surface area contributed by atoms with Gasteiger partial charge in [-0.2, -0.15) is 5.10 Å². The number of thioether (sulfide) groups is 1. The number of halogens is 1. The number of hydrogen-bond donors (Lipinski definition) is 2. The molecule has 3 N–H and O–H groups in total. The standard InChI is InChI=1S/C16H14ClN3S/c1-21-13-8-3-2-7-12(13)15-14(16(18)20-19-15)10-5-4-6-11(17)9-10/h2-9H,1H3,(H3,18,19,20). The number of aromatic nitrogens is 2. The predicted molar refractivity (Wildman–Crippen MR) is 90.7 cm³/mol. The van der Waals surface area contributed by atoms with Crippen LogP contribution in [0.5, 0.6) is 0 Å². The van der Waals surface area contributed by atoms with Crippen molar-refractivity contribution in [3.05, 3.63) is 53.6 Å². The molecule has 0 atom stereocenters. The molecule has 0 spiro atoms. The minimum Gasteiger partial charge on any atom is -0.382 e. The number of hydrogen-bond acceptors (Lipinski definition) is 3. The van der Waals surface area contributed by atoms with Gasteiger partial charge in [-0.1, -0.05) is 41.9 Å². The Kier molecular flexibility index (Phi) is 3.90. The van der Waals surface area contributed by atoms with E-state index >= 15 is 0 Å². The van der Waals surface area contributed by atoms with Crippen molar-refractivity contribution in [2.24, 2.45) is 0 Å². The monoisotopic (exact) mass is 315 g/mol. The highest BCUT2D eigenvalue weighted by Crippen LogP contribution is 2.38. The lowest BCUT2D eigenvalue weighted by Crippen LogP contribution is -1.89. The van der Waals surface area contributed by atoms with Gasteiger partial charge in [0.1, 0.15) is 0 Å². The quantitative estimate of drug-likeness (QED) is 0.689. The molecule has 0 saturated heterocycles. The average Bonchev–Trinajstić information content (AvgIpc) is 2.88. The second kappa shape index (κ2) is 5.84. The fraction of sp³-hybridized carbons (Fsp3) is 0.0625. The number of nitrogens with zero attached hydrogens (tertiary/aromatic N) is 1. The first-order valence-corrected chi connectivity index (χ1v) is 8.04. The van der Waals surface area contributed by atoms with Gasteiger partial charge in [0.25, 0.3) is 0 Å². The van der Waals surface area contributed by atoms with Crippen LogP contribution in [0, 0.1) is 0 Å². The molecule has 1 heterocycles. The summed E-state index contributed by atoms with van der Waals surface area (Å²) in [6.45, 7) is 0. The summed E-state index contributed by atoms with van der Waals surface area (Å²) < 4.78 is 0. The molecule has 0 unspecified atom stereocenters. The Morgan fingerprint density at radius 3 is 2.71 bits per heavy atom. The van der Waals surface area contributed by atoms with Crippen LogP contribution in [0.25, 0.3) is 22.4 Å². The van der Waals surface area contributed by atoms with E-state index in [1.165, 1.54) is 4.90 Å². The van der Waals surface area contributed by atoms with Gasteiger partial charge in [0.15, 0.2) is 5.82 Å². The van der Waals surface area contributed by atoms with E-state index < -0.39 is 0 Å². The number of H-pyrrole nitrogens is 1. The van der Waals surface area contributed by atoms with Gasteiger partial charge in [0.2, 0.25) is 0 Å². The minimum atomic E-state index is 0.475. The maximum absolute atomic E-state index is 6.10. The lowest BCUT2D eigenvalue weighted by molar-refractivity contribution is 1.10. The molecule has 0 saturated carbocycles. The molecule has 0 bridgehead atoms. The molecule has 21 heavy (non-hydrogen) atoms. The van der Waals surface area contributed by atoms with Crippen LogP contribution in [0.15, 0.2) is 53.4 Å². The highest BCUT2D eigenvalue weighted by atomic mass is 35.5. The summed E-state index contributed by atoms with van der Waals surface area (Å²) in [6, 6.07) is 15.8. The van der Waals surface area contributed by atoms with Crippen LogP contribution in [-0.2, 0) is 0 Å². The summed E-state index contributed by atoms with van der Waals surface area (Å²) in [4.78, 5) is 1.17. The first-order chi connectivity index (χ1) is 10.2. The molecule has 0 amide bonds. The van der Waals surface area contributed by atoms with Gasteiger partial charge in [0.05, 0.1) is 11.3 Å². The highest BCUT2D eigenvalue weighted by Gasteiger charge is 2.17. The van der Waals surface area contributed by atoms with E-state index in [9.17, 15) is 0 Å². The van der Waals surface area contributed by atoms with E-state index in [4.69, 9.17) is 17.3 Å². The largest absolute Gasteiger partial charge is 0.382 e. The van der Waals surface area contributed by atoms with Gasteiger partial charge in [-0.05, 0) is 30.0 Å². The summed E-state index contributed by atoms with van der Waals surface area (Å²) in [5.74, 6) is 0.475. The first kappa shape index (κ1) is 14.0. The lowest BCUT2D eigenvalue weighted by atomic mass is 10.0. The van der Waals surface area contributed by atoms with Gasteiger partial charge < -0.3 is 5.73 Å². The van der Waals surface area contributed by atoms with Crippen LogP contribution in [0.3, 0.4) is 0 Å². The number of aromatic amines is 1. The third kappa shape index (κ3) is 2.64. The van der Waals surface area contributed by atoms with E-state index in [0.717, 1.165) is 22.4 Å². The molecule has 3 aromatic rings. The molecular formula is C16H14ClN3S. The van der Waals surface area contributed by atoms with Crippen molar-refractivity contribution < 1.29 is 0 Å². The molecule has 1 aromatic heterocycles. The SMILES string of the molecule is CSc1ccccc1-c1[nH]nc(N)c1-c1cccc(Cl)c1. The van der Waals surface area contributed by atoms with Crippen molar-refractivity contribution in [3.8, 4) is 22.4 Å². The zero-order valence-corrected chi connectivity index (χ0v) is 13.0. The third-order valence-corrected chi connectivity index (χ3v) is 4.31. The van der Waals surface area contributed by atoms with Crippen molar-refractivity contribution in [1.82, 2.24) is 10.2 Å². The predicted octanol–water partition coefficient (Wildman–Crippen LogP) is 4.70. The number of anilines is 1. The molecule has 0 fully saturated rings. The molecule has 0 radical (unpaired) electrons. The second-order valence-electron chi connectivity index (χ2n) is 4.57. The summed E-state index contributed by atoms with van der Waals surface area (Å²) in [7, 11) is 0. The van der Waals surface area contributed by atoms with Gasteiger partial charge >= 0.3 is 0 Å². The van der Waals surface area contributed by atoms with Crippen molar-refractivity contribution in [1.29, 1.82) is 0 Å². The van der Waals surface area contributed by atoms with Crippen molar-refractivity contribution in [2.75, 3.05) is 12.0 Å². The Labute approximate surface area is 132 Å². The van der Waals surface area contributed by atoms with E-state index in [-0.39, 0.29) is 0 Å². The van der Waals surface area contributed by atoms with E-state index in [2.05, 4.69) is 28.6 Å². The summed E-state index contributed by atoms with van der Waals surface area (Å²) >= 11 is 7.79. The molecule has 3 rings (SSSR count). The number of nitrogens with one attached hydrogen (secondary N) is 1. The van der Waals surface area contributed by atoms with Crippen molar-refractivity contribution >= 4 is 29.2 Å². The summed E-state index contributed by atoms with van der Waals surface area (Å²) in [5.41, 5.74) is 9.91. The molecule has 0 aliphatic carbocycles. The van der Waals surface area contributed by atoms with Gasteiger partial charge in [0, 0.05) is 15.5 Å². The van der Waals surface area contributed by atoms with Crippen LogP contribution in [0.1, 0.15) is 0 Å². The third-order valence-electron chi connectivity index (χ3n) is 3.28. The molecular weight excluding hydrogens is 302 g/mol. The Hall–Kier alpha value is -1.91. The normalized spacial score (nSPS) is 10.8. The maximum atomic E-state index is 6.10. The van der Waals surface area contributed by atoms with Crippen LogP contribution >= 0.6 is 23.4 Å². The van der Waals surface area contributed by atoms with Gasteiger partial charge in [-0.3, -0.25) is 5.10 Å². The van der Waals surface area contributed by atoms with Crippen LogP contribution in [0.2, 0.25) is 5.02 Å². The number of benzene rings is 2. The fourth-order valence-corrected chi connectivity index (χ4v) is 3.13. The number of rotatable bonds is 3. The van der Waals surface area contributed by atoms with Crippen LogP contribution in [0.4, 0.5) is 5.82 Å². The molecule has 106 valence electrons. The molecule has 3 nitrogen and oxygen atoms in total. The van der Waals surface area contributed by atoms with Crippen molar-refractivity contribution in [2.45, 2.75) is 4.90 Å². The fourth-order valence-electron chi connectivity index (χ4n) is 2.34. The Morgan fingerprint density at radius 2 is 1.95 bits per heavy atom. The number of nitrogens with two attached hydrogens (primary N) is 1. The molecule has 5 heteroatoms. The molecule has 2 aromatic carbocycles. The smallest absolute Gasteiger partial charge is 0.153 e. The average molecular weight is 316 g/mol. The minimum absolute atomic E-state index is 0.475. The zero-order valence-electron chi connectivity index (χ0n) is 11.4. The Balaban J connectivity index is 2.22. The van der Waals surface area contributed by atoms with Gasteiger partial charge in [-0.25, -0.2) is 0 Å². The second-order valence-corrected chi connectivity index (χ2v) is 5.85. The maximum Gasteiger partial charge on any atom is 0.153 e. The topological polar surface area (TPSA) is 54.7 Å². The molecule has 0 aliphatic heterocycles. The van der Waals surface area contributed by atoms with Crippen LogP contribution < -0.4 is 5.73 Å². The number of nitrogen functional groups attached to an aromatic ring is 1. The Bertz CT molecular complexity index is 783. The Morgan fingerprint density at radius 1 is 1.14 bits per heavy atom. The molecule has 0 aliphatic rings. The van der Waals surface area contributed by atoms with Crippen molar-refractivity contribution in [3.63, 3.8) is 0 Å². The van der Waals surface area contributed by atoms with Gasteiger partial charge in [-0.15, -0.1) is 11.8 Å². The van der Waals surface area contributed by atoms with E-state index in [1.54, 1.807) is 11.8 Å². The van der Waals surface area contributed by atoms with Crippen LogP contribution in [-0.4, -0.2) is 16.5 Å². The lowest BCUT2D eigenvalue weighted by Gasteiger charge is -2.08. The summed E-state index contributed by atoms with van der Waals surface area (Å²) in [5, 5.41) is 7.90. The zero-order chi connectivity index (χ0) is 14.8. The first-order valence-electron chi connectivity index (χ1n) is 6.44. The summed E-state index contributed by atoms with van der Waals surface area (Å²) in [6.07, 6.45) is 2.05. The van der Waals surface area contributed by atoms with E-state index in [0.29, 0.717) is 10.8 Å². The highest BCUT2D eigenvalue weighted by molar-refractivity contribution is 7.98. The van der Waals surface area contributed by atoms with E-state index in [1.807, 2.05) is 36.4 Å².